The number of amides is 4. The van der Waals surface area contributed by atoms with Gasteiger partial charge in [0, 0.05) is 37.2 Å². The van der Waals surface area contributed by atoms with Crippen LogP contribution >= 0.6 is 0 Å². The number of aliphatic carboxylic acids is 2. The number of nitrogen functional groups attached to an aromatic ring is 1. The molecule has 15 heteroatoms. The van der Waals surface area contributed by atoms with Crippen LogP contribution in [0.2, 0.25) is 0 Å². The number of carboxylic acids is 2. The maximum Gasteiger partial charge on any atom is 0.426 e. The lowest BCUT2D eigenvalue weighted by atomic mass is 10.0. The van der Waals surface area contributed by atoms with Gasteiger partial charge in [-0.1, -0.05) is 55.3 Å². The van der Waals surface area contributed by atoms with E-state index >= 15 is 0 Å². The highest BCUT2D eigenvalue weighted by Gasteiger charge is 2.37. The zero-order chi connectivity index (χ0) is 35.6. The lowest BCUT2D eigenvalue weighted by molar-refractivity contribution is -0.165. The van der Waals surface area contributed by atoms with Crippen molar-refractivity contribution in [3.8, 4) is 0 Å². The third kappa shape index (κ3) is 12.8. The van der Waals surface area contributed by atoms with Gasteiger partial charge in [-0.3, -0.25) is 24.1 Å². The molecule has 2 aromatic carbocycles. The van der Waals surface area contributed by atoms with Gasteiger partial charge < -0.3 is 32.5 Å². The van der Waals surface area contributed by atoms with E-state index in [4.69, 9.17) is 22.3 Å². The molecule has 1 heterocycles. The molecule has 0 aliphatic carbocycles. The molecule has 48 heavy (non-hydrogen) atoms. The quantitative estimate of drug-likeness (QED) is 0.0614. The van der Waals surface area contributed by atoms with E-state index < -0.39 is 36.0 Å². The van der Waals surface area contributed by atoms with Crippen LogP contribution < -0.4 is 17.2 Å². The van der Waals surface area contributed by atoms with Crippen molar-refractivity contribution in [2.75, 3.05) is 18.8 Å². The summed E-state index contributed by atoms with van der Waals surface area (Å²) in [7, 11) is 0. The molecule has 0 unspecified atom stereocenters. The summed E-state index contributed by atoms with van der Waals surface area (Å²) in [6, 6.07) is 12.9. The molecule has 0 bridgehead atoms. The van der Waals surface area contributed by atoms with Gasteiger partial charge in [0.05, 0.1) is 6.54 Å². The van der Waals surface area contributed by atoms with E-state index in [1.54, 1.807) is 54.6 Å². The number of hydrogen-bond acceptors (Lipinski definition) is 9. The summed E-state index contributed by atoms with van der Waals surface area (Å²) in [5.41, 5.74) is 17.8. The Morgan fingerprint density at radius 2 is 1.40 bits per heavy atom. The first-order valence-corrected chi connectivity index (χ1v) is 15.5. The van der Waals surface area contributed by atoms with Gasteiger partial charge in [0.1, 0.15) is 6.04 Å². The molecule has 9 N–H and O–H groups in total. The van der Waals surface area contributed by atoms with Crippen molar-refractivity contribution in [3.63, 3.8) is 0 Å². The Morgan fingerprint density at radius 3 is 1.94 bits per heavy atom. The van der Waals surface area contributed by atoms with Gasteiger partial charge in [0.2, 0.25) is 5.91 Å². The molecule has 3 rings (SSSR count). The number of imide groups is 1. The Hall–Kier alpha value is -5.28. The SMILES string of the molecule is NCCCC[C@H](N)C(=O)O.Nc1ccc(CN(C(=O)O)N(C(=O)CCCCCN2C(=O)C=CC2=O)[C@@H](Cc2ccccc2)C(=O)O)cc1. The van der Waals surface area contributed by atoms with Crippen LogP contribution in [0.15, 0.2) is 66.7 Å². The first-order chi connectivity index (χ1) is 22.8. The number of benzene rings is 2. The van der Waals surface area contributed by atoms with Crippen LogP contribution in [0.3, 0.4) is 0 Å². The predicted octanol–water partition coefficient (Wildman–Crippen LogP) is 2.20. The minimum atomic E-state index is -1.48. The molecular weight excluding hydrogens is 624 g/mol. The fourth-order valence-corrected chi connectivity index (χ4v) is 4.75. The zero-order valence-electron chi connectivity index (χ0n) is 26.6. The fraction of sp³-hybridized carbons (Fsp3) is 0.394. The van der Waals surface area contributed by atoms with Gasteiger partial charge in [-0.2, -0.15) is 0 Å². The topological polar surface area (TPSA) is 251 Å². The average Bonchev–Trinajstić information content (AvgIpc) is 3.37. The maximum absolute atomic E-state index is 13.4. The fourth-order valence-electron chi connectivity index (χ4n) is 4.75. The number of carbonyl (C=O) groups is 6. The van der Waals surface area contributed by atoms with Crippen LogP contribution in [0.1, 0.15) is 56.1 Å². The van der Waals surface area contributed by atoms with Crippen LogP contribution in [0.4, 0.5) is 10.5 Å². The normalized spacial score (nSPS) is 13.3. The summed E-state index contributed by atoms with van der Waals surface area (Å²) in [4.78, 5) is 72.7. The minimum absolute atomic E-state index is 0.0976. The van der Waals surface area contributed by atoms with E-state index in [9.17, 15) is 39.0 Å². The van der Waals surface area contributed by atoms with Crippen molar-refractivity contribution in [1.82, 2.24) is 14.9 Å². The summed E-state index contributed by atoms with van der Waals surface area (Å²) in [6.45, 7) is 0.547. The van der Waals surface area contributed by atoms with Crippen molar-refractivity contribution >= 4 is 41.4 Å². The molecule has 2 atom stereocenters. The summed E-state index contributed by atoms with van der Waals surface area (Å²) in [6.07, 6.45) is 4.10. The lowest BCUT2D eigenvalue weighted by Crippen LogP contribution is -2.57. The second-order valence-corrected chi connectivity index (χ2v) is 11.1. The Balaban J connectivity index is 0.000000692. The summed E-state index contributed by atoms with van der Waals surface area (Å²) in [5.74, 6) is -3.72. The number of rotatable bonds is 17. The van der Waals surface area contributed by atoms with E-state index in [1.807, 2.05) is 0 Å². The Bertz CT molecular complexity index is 1400. The zero-order valence-corrected chi connectivity index (χ0v) is 26.6. The second-order valence-electron chi connectivity index (χ2n) is 11.1. The Labute approximate surface area is 278 Å². The number of carboxylic acid groups (broad SMARTS) is 3. The molecular formula is C33H44N6O9. The highest BCUT2D eigenvalue weighted by atomic mass is 16.4. The highest BCUT2D eigenvalue weighted by Crippen LogP contribution is 2.20. The number of nitrogens with zero attached hydrogens (tertiary/aromatic N) is 3. The molecule has 0 saturated carbocycles. The van der Waals surface area contributed by atoms with Gasteiger partial charge in [-0.05, 0) is 55.5 Å². The Morgan fingerprint density at radius 1 is 0.771 bits per heavy atom. The molecule has 0 saturated heterocycles. The summed E-state index contributed by atoms with van der Waals surface area (Å²) >= 11 is 0. The molecule has 0 fully saturated rings. The van der Waals surface area contributed by atoms with E-state index in [0.717, 1.165) is 27.8 Å². The number of anilines is 1. The number of nitrogens with two attached hydrogens (primary N) is 3. The molecule has 4 amide bonds. The molecule has 260 valence electrons. The standard InChI is InChI=1S/C27H30N4O7.C6H14N2O2/c28-21-12-10-20(11-13-21)18-30(27(37)38)31(22(26(35)36)17-19-7-3-1-4-8-19)25(34)9-5-2-6-16-29-23(32)14-15-24(29)33;7-4-2-1-3-5(8)6(9)10/h1,3-4,7-8,10-15,22H,2,5-6,9,16-18,28H2,(H,35,36)(H,37,38);5H,1-4,7-8H2,(H,9,10)/t22-;5-/m00/s1. The van der Waals surface area contributed by atoms with Gasteiger partial charge in [0.25, 0.3) is 11.8 Å². The smallest absolute Gasteiger partial charge is 0.426 e. The maximum atomic E-state index is 13.4. The first kappa shape index (κ1) is 38.9. The van der Waals surface area contributed by atoms with Gasteiger partial charge in [-0.15, -0.1) is 0 Å². The minimum Gasteiger partial charge on any atom is -0.480 e. The van der Waals surface area contributed by atoms with Crippen LogP contribution in [0, 0.1) is 0 Å². The van der Waals surface area contributed by atoms with Crippen molar-refractivity contribution < 1.29 is 44.1 Å². The van der Waals surface area contributed by atoms with Gasteiger partial charge in [-0.25, -0.2) is 19.6 Å². The predicted molar refractivity (Wildman–Crippen MR) is 176 cm³/mol. The number of hydrogen-bond donors (Lipinski definition) is 6. The molecule has 0 spiro atoms. The van der Waals surface area contributed by atoms with E-state index in [0.29, 0.717) is 49.0 Å². The van der Waals surface area contributed by atoms with E-state index in [1.165, 1.54) is 12.2 Å². The van der Waals surface area contributed by atoms with Crippen molar-refractivity contribution in [2.45, 2.75) is 70.0 Å². The van der Waals surface area contributed by atoms with Crippen molar-refractivity contribution in [2.24, 2.45) is 11.5 Å². The monoisotopic (exact) mass is 668 g/mol. The summed E-state index contributed by atoms with van der Waals surface area (Å²) < 4.78 is 0. The number of carbonyl (C=O) groups excluding carboxylic acids is 3. The van der Waals surface area contributed by atoms with Crippen LogP contribution in [0.5, 0.6) is 0 Å². The van der Waals surface area contributed by atoms with Crippen LogP contribution in [0.25, 0.3) is 0 Å². The van der Waals surface area contributed by atoms with E-state index in [-0.39, 0.29) is 37.7 Å². The molecule has 2 aromatic rings. The Kier molecular flexibility index (Phi) is 16.3. The third-order valence-corrected chi connectivity index (χ3v) is 7.36. The first-order valence-electron chi connectivity index (χ1n) is 15.5. The highest BCUT2D eigenvalue weighted by molar-refractivity contribution is 6.12. The molecule has 15 nitrogen and oxygen atoms in total. The van der Waals surface area contributed by atoms with Gasteiger partial charge >= 0.3 is 18.0 Å². The van der Waals surface area contributed by atoms with Crippen LogP contribution in [-0.4, -0.2) is 91.2 Å². The molecule has 1 aliphatic heterocycles. The van der Waals surface area contributed by atoms with Crippen molar-refractivity contribution in [3.05, 3.63) is 77.9 Å². The molecule has 0 aromatic heterocycles. The van der Waals surface area contributed by atoms with Crippen molar-refractivity contribution in [1.29, 1.82) is 0 Å². The largest absolute Gasteiger partial charge is 0.480 e. The summed E-state index contributed by atoms with van der Waals surface area (Å²) in [5, 5.41) is 29.9. The second kappa shape index (κ2) is 20.1. The molecule has 1 aliphatic rings. The lowest BCUT2D eigenvalue weighted by Gasteiger charge is -2.37. The molecule has 0 radical (unpaired) electrons. The van der Waals surface area contributed by atoms with Crippen LogP contribution in [-0.2, 0) is 36.9 Å². The average molecular weight is 669 g/mol. The number of hydrazine groups is 1. The number of unbranched alkanes of at least 4 members (excludes halogenated alkanes) is 3. The van der Waals surface area contributed by atoms with E-state index in [2.05, 4.69) is 0 Å². The third-order valence-electron chi connectivity index (χ3n) is 7.36. The van der Waals surface area contributed by atoms with Gasteiger partial charge in [0.15, 0.2) is 6.04 Å².